The van der Waals surface area contributed by atoms with Crippen LogP contribution in [0, 0.1) is 6.92 Å². The Morgan fingerprint density at radius 2 is 1.98 bits per heavy atom. The topological polar surface area (TPSA) is 128 Å². The lowest BCUT2D eigenvalue weighted by Gasteiger charge is -2.11. The number of pyridine rings is 1. The molecule has 0 fully saturated rings. The summed E-state index contributed by atoms with van der Waals surface area (Å²) >= 11 is 1.72. The van der Waals surface area contributed by atoms with Gasteiger partial charge in [-0.05, 0) is 68.5 Å². The highest BCUT2D eigenvalue weighted by Gasteiger charge is 2.16. The van der Waals surface area contributed by atoms with E-state index in [0.29, 0.717) is 23.8 Å². The first kappa shape index (κ1) is 28.6. The van der Waals surface area contributed by atoms with Gasteiger partial charge >= 0.3 is 0 Å². The first-order chi connectivity index (χ1) is 19.9. The molecule has 0 radical (unpaired) electrons. The van der Waals surface area contributed by atoms with Crippen molar-refractivity contribution >= 4 is 28.6 Å². The third-order valence-electron chi connectivity index (χ3n) is 6.77. The maximum Gasteiger partial charge on any atom is 0.269 e. The van der Waals surface area contributed by atoms with Gasteiger partial charge in [0, 0.05) is 42.2 Å². The molecule has 4 heterocycles. The van der Waals surface area contributed by atoms with E-state index in [0.717, 1.165) is 64.7 Å². The third-order valence-corrected chi connectivity index (χ3v) is 7.75. The van der Waals surface area contributed by atoms with Crippen LogP contribution in [0.5, 0.6) is 0 Å². The van der Waals surface area contributed by atoms with Gasteiger partial charge in [-0.2, -0.15) is 16.9 Å². The highest BCUT2D eigenvalue weighted by atomic mass is 32.2. The van der Waals surface area contributed by atoms with Crippen molar-refractivity contribution in [3.05, 3.63) is 77.3 Å². The molecule has 0 aliphatic heterocycles. The van der Waals surface area contributed by atoms with E-state index >= 15 is 0 Å². The molecular weight excluding hydrogens is 536 g/mol. The fraction of sp³-hybridized carbons (Fsp3) is 0.333. The molecule has 214 valence electrons. The van der Waals surface area contributed by atoms with Gasteiger partial charge in [-0.15, -0.1) is 0 Å². The molecule has 5 aromatic rings. The van der Waals surface area contributed by atoms with Crippen molar-refractivity contribution in [3.8, 4) is 22.6 Å². The summed E-state index contributed by atoms with van der Waals surface area (Å²) in [4.78, 5) is 26.9. The van der Waals surface area contributed by atoms with Crippen LogP contribution in [0.25, 0.3) is 33.5 Å². The molecule has 5 rings (SSSR count). The monoisotopic (exact) mass is 572 g/mol. The molecule has 0 saturated carbocycles. The van der Waals surface area contributed by atoms with E-state index < -0.39 is 0 Å². The maximum absolute atomic E-state index is 12.8. The van der Waals surface area contributed by atoms with Crippen molar-refractivity contribution in [2.75, 3.05) is 32.9 Å². The quantitative estimate of drug-likeness (QED) is 0.149. The number of nitrogens with zero attached hydrogens (tertiary/aromatic N) is 4. The smallest absolute Gasteiger partial charge is 0.269 e. The van der Waals surface area contributed by atoms with E-state index in [1.165, 1.54) is 11.1 Å². The molecule has 0 saturated heterocycles. The summed E-state index contributed by atoms with van der Waals surface area (Å²) in [6.45, 7) is 7.22. The molecule has 0 aliphatic rings. The molecule has 4 aromatic heterocycles. The molecule has 4 N–H and O–H groups in total. The largest absolute Gasteiger partial charge is 0.464 e. The zero-order valence-corrected chi connectivity index (χ0v) is 24.7. The third kappa shape index (κ3) is 6.87. The number of nitrogens with one attached hydrogen (secondary N) is 4. The van der Waals surface area contributed by atoms with E-state index in [4.69, 9.17) is 4.42 Å². The van der Waals surface area contributed by atoms with Crippen LogP contribution in [0.3, 0.4) is 0 Å². The molecule has 0 unspecified atom stereocenters. The zero-order valence-electron chi connectivity index (χ0n) is 23.9. The number of hydrogen-bond acceptors (Lipinski definition) is 8. The lowest BCUT2D eigenvalue weighted by Crippen LogP contribution is -2.26. The zero-order chi connectivity index (χ0) is 28.8. The highest BCUT2D eigenvalue weighted by Crippen LogP contribution is 2.31. The average Bonchev–Trinajstić information content (AvgIpc) is 3.71. The van der Waals surface area contributed by atoms with Crippen LogP contribution < -0.4 is 10.6 Å². The van der Waals surface area contributed by atoms with Gasteiger partial charge in [0.25, 0.3) is 5.91 Å². The van der Waals surface area contributed by atoms with Gasteiger partial charge in [-0.1, -0.05) is 13.0 Å². The number of H-pyrrole nitrogens is 2. The number of aromatic nitrogens is 5. The number of imidazole rings is 1. The summed E-state index contributed by atoms with van der Waals surface area (Å²) in [7, 11) is 4.03. The normalized spacial score (nSPS) is 11.5. The fourth-order valence-corrected chi connectivity index (χ4v) is 5.36. The number of fused-ring (bicyclic) bond motifs is 1. The molecule has 1 amide bonds. The first-order valence-corrected chi connectivity index (χ1v) is 14.8. The summed E-state index contributed by atoms with van der Waals surface area (Å²) in [5.74, 6) is 3.77. The molecule has 10 nitrogen and oxygen atoms in total. The number of aromatic amines is 2. The minimum absolute atomic E-state index is 0.199. The summed E-state index contributed by atoms with van der Waals surface area (Å²) < 4.78 is 5.84. The van der Waals surface area contributed by atoms with E-state index in [1.807, 2.05) is 44.7 Å². The second-order valence-electron chi connectivity index (χ2n) is 10.1. The summed E-state index contributed by atoms with van der Waals surface area (Å²) in [5.41, 5.74) is 6.45. The lowest BCUT2D eigenvalue weighted by molar-refractivity contribution is 0.0951. The van der Waals surface area contributed by atoms with Crippen molar-refractivity contribution < 1.29 is 9.21 Å². The Morgan fingerprint density at radius 3 is 2.80 bits per heavy atom. The van der Waals surface area contributed by atoms with Crippen LogP contribution in [-0.4, -0.2) is 68.9 Å². The van der Waals surface area contributed by atoms with E-state index in [2.05, 4.69) is 66.7 Å². The second-order valence-corrected chi connectivity index (χ2v) is 11.2. The van der Waals surface area contributed by atoms with Crippen molar-refractivity contribution in [3.63, 3.8) is 0 Å². The van der Waals surface area contributed by atoms with E-state index in [9.17, 15) is 4.79 Å². The minimum atomic E-state index is -0.199. The molecule has 0 atom stereocenters. The van der Waals surface area contributed by atoms with E-state index in [1.54, 1.807) is 18.0 Å². The molecule has 41 heavy (non-hydrogen) atoms. The molecular formula is C30H36N8O2S. The molecule has 0 bridgehead atoms. The Labute approximate surface area is 243 Å². The van der Waals surface area contributed by atoms with Crippen molar-refractivity contribution in [2.24, 2.45) is 0 Å². The Hall–Kier alpha value is -3.93. The van der Waals surface area contributed by atoms with Crippen molar-refractivity contribution in [1.82, 2.24) is 40.7 Å². The molecule has 0 spiro atoms. The predicted octanol–water partition coefficient (Wildman–Crippen LogP) is 4.75. The molecule has 11 heteroatoms. The van der Waals surface area contributed by atoms with Gasteiger partial charge in [-0.3, -0.25) is 14.9 Å². The lowest BCUT2D eigenvalue weighted by atomic mass is 9.98. The molecule has 0 aliphatic carbocycles. The van der Waals surface area contributed by atoms with Gasteiger partial charge in [0.1, 0.15) is 22.9 Å². The first-order valence-electron chi connectivity index (χ1n) is 13.7. The number of amides is 1. The van der Waals surface area contributed by atoms with Crippen molar-refractivity contribution in [1.29, 1.82) is 0 Å². The van der Waals surface area contributed by atoms with Crippen LogP contribution in [0.4, 0.5) is 0 Å². The Balaban J connectivity index is 1.21. The number of rotatable bonds is 13. The predicted molar refractivity (Wildman–Crippen MR) is 164 cm³/mol. The van der Waals surface area contributed by atoms with Crippen LogP contribution >= 0.6 is 11.8 Å². The average molecular weight is 573 g/mol. The fourth-order valence-electron chi connectivity index (χ4n) is 4.62. The van der Waals surface area contributed by atoms with Gasteiger partial charge in [0.2, 0.25) is 0 Å². The van der Waals surface area contributed by atoms with E-state index in [-0.39, 0.29) is 5.91 Å². The standard InChI is InChI=1S/C30H36N8O2S/c1-5-31-13-21-14-32-15-25(19(21)2)20-6-9-26-24(12-20)28(37-36-26)29-34-16-27(35-29)30(39)33-10-11-41-18-23-8-7-22(40-23)17-38(3)4/h6-9,12,14-16,31H,5,10-11,13,17-18H2,1-4H3,(H,33,39)(H,34,35)(H,36,37). The molecule has 1 aromatic carbocycles. The van der Waals surface area contributed by atoms with Crippen LogP contribution in [0.15, 0.2) is 53.3 Å². The summed E-state index contributed by atoms with van der Waals surface area (Å²) in [6.07, 6.45) is 5.37. The van der Waals surface area contributed by atoms with Gasteiger partial charge in [-0.25, -0.2) is 4.98 Å². The second kappa shape index (κ2) is 13.2. The SMILES string of the molecule is CCNCc1cncc(-c2ccc3[nH]nc(-c4ncc(C(=O)NCCSCc5ccc(CN(C)C)o5)[nH]4)c3c2)c1C. The number of thioether (sulfide) groups is 1. The van der Waals surface area contributed by atoms with Gasteiger partial charge < -0.3 is 24.9 Å². The van der Waals surface area contributed by atoms with Crippen LogP contribution in [0.2, 0.25) is 0 Å². The Kier molecular flexibility index (Phi) is 9.17. The van der Waals surface area contributed by atoms with Crippen LogP contribution in [-0.2, 0) is 18.8 Å². The van der Waals surface area contributed by atoms with Gasteiger partial charge in [0.15, 0.2) is 5.82 Å². The summed E-state index contributed by atoms with van der Waals surface area (Å²) in [5, 5.41) is 14.8. The number of furan rings is 1. The number of carbonyl (C=O) groups is 1. The van der Waals surface area contributed by atoms with Gasteiger partial charge in [0.05, 0.1) is 24.0 Å². The number of benzene rings is 1. The highest BCUT2D eigenvalue weighted by molar-refractivity contribution is 7.98. The Bertz CT molecular complexity index is 1620. The number of hydrogen-bond donors (Lipinski definition) is 4. The van der Waals surface area contributed by atoms with Crippen molar-refractivity contribution in [2.45, 2.75) is 32.7 Å². The maximum atomic E-state index is 12.8. The minimum Gasteiger partial charge on any atom is -0.464 e. The Morgan fingerprint density at radius 1 is 1.12 bits per heavy atom. The summed E-state index contributed by atoms with van der Waals surface area (Å²) in [6, 6.07) is 10.2. The number of carbonyl (C=O) groups excluding carboxylic acids is 1. The van der Waals surface area contributed by atoms with Crippen LogP contribution in [0.1, 0.15) is 40.1 Å².